The number of halogens is 3. The zero-order valence-electron chi connectivity index (χ0n) is 11.3. The van der Waals surface area contributed by atoms with Crippen LogP contribution in [0.5, 0.6) is 5.75 Å². The van der Waals surface area contributed by atoms with Crippen LogP contribution in [0.1, 0.15) is 19.4 Å². The van der Waals surface area contributed by atoms with Gasteiger partial charge in [-0.15, -0.1) is 0 Å². The van der Waals surface area contributed by atoms with Crippen LogP contribution in [0.4, 0.5) is 13.2 Å². The molecule has 1 aromatic rings. The van der Waals surface area contributed by atoms with Gasteiger partial charge in [-0.2, -0.15) is 13.2 Å². The highest BCUT2D eigenvalue weighted by atomic mass is 19.4. The summed E-state index contributed by atoms with van der Waals surface area (Å²) in [5.41, 5.74) is 2.73. The van der Waals surface area contributed by atoms with E-state index in [0.29, 0.717) is 24.8 Å². The Labute approximate surface area is 115 Å². The fourth-order valence-corrected chi connectivity index (χ4v) is 1.41. The first-order valence-corrected chi connectivity index (χ1v) is 6.04. The summed E-state index contributed by atoms with van der Waals surface area (Å²) in [4.78, 5) is 11.5. The molecule has 0 saturated carbocycles. The molecule has 0 aliphatic carbocycles. The molecule has 0 aromatic heterocycles. The van der Waals surface area contributed by atoms with Crippen molar-refractivity contribution >= 4 is 5.91 Å². The van der Waals surface area contributed by atoms with Gasteiger partial charge in [-0.1, -0.05) is 12.1 Å². The molecular weight excluding hydrogens is 273 g/mol. The Kier molecular flexibility index (Phi) is 4.99. The second kappa shape index (κ2) is 6.13. The lowest BCUT2D eigenvalue weighted by molar-refractivity contribution is -0.187. The van der Waals surface area contributed by atoms with Crippen LogP contribution in [0.15, 0.2) is 24.3 Å². The average molecular weight is 290 g/mol. The molecule has 1 atom stereocenters. The average Bonchev–Trinajstić information content (AvgIpc) is 2.35. The van der Waals surface area contributed by atoms with Crippen LogP contribution in [0.3, 0.4) is 0 Å². The number of alkyl halides is 3. The molecule has 7 heteroatoms. The fourth-order valence-electron chi connectivity index (χ4n) is 1.41. The van der Waals surface area contributed by atoms with Crippen molar-refractivity contribution in [2.24, 2.45) is 5.73 Å². The number of rotatable bonds is 5. The van der Waals surface area contributed by atoms with Crippen molar-refractivity contribution in [3.05, 3.63) is 29.8 Å². The van der Waals surface area contributed by atoms with Crippen molar-refractivity contribution in [1.29, 1.82) is 0 Å². The first kappa shape index (κ1) is 16.3. The lowest BCUT2D eigenvalue weighted by Crippen LogP contribution is -2.61. The molecule has 0 aliphatic rings. The Balaban J connectivity index is 2.68. The van der Waals surface area contributed by atoms with Crippen LogP contribution in [0.25, 0.3) is 0 Å². The monoisotopic (exact) mass is 290 g/mol. The Morgan fingerprint density at radius 2 is 2.05 bits per heavy atom. The Morgan fingerprint density at radius 3 is 2.60 bits per heavy atom. The van der Waals surface area contributed by atoms with E-state index in [1.165, 1.54) is 0 Å². The van der Waals surface area contributed by atoms with Gasteiger partial charge in [0, 0.05) is 6.54 Å². The molecule has 0 fully saturated rings. The molecule has 3 N–H and O–H groups in total. The second-order valence-corrected chi connectivity index (χ2v) is 4.46. The summed E-state index contributed by atoms with van der Waals surface area (Å²) in [6.45, 7) is 2.88. The summed E-state index contributed by atoms with van der Waals surface area (Å²) in [7, 11) is 0. The minimum absolute atomic E-state index is 0.0530. The molecule has 4 nitrogen and oxygen atoms in total. The second-order valence-electron chi connectivity index (χ2n) is 4.46. The van der Waals surface area contributed by atoms with Gasteiger partial charge in [0.2, 0.25) is 5.91 Å². The van der Waals surface area contributed by atoms with Gasteiger partial charge in [-0.25, -0.2) is 0 Å². The lowest BCUT2D eigenvalue weighted by Gasteiger charge is -2.26. The van der Waals surface area contributed by atoms with Crippen LogP contribution >= 0.6 is 0 Å². The van der Waals surface area contributed by atoms with Crippen LogP contribution in [-0.4, -0.2) is 24.2 Å². The molecule has 1 rings (SSSR count). The number of nitrogens with one attached hydrogen (secondary N) is 1. The Bertz CT molecular complexity index is 473. The van der Waals surface area contributed by atoms with Gasteiger partial charge in [0.15, 0.2) is 5.54 Å². The number of ether oxygens (including phenoxy) is 1. The molecule has 0 saturated heterocycles. The molecule has 1 amide bonds. The van der Waals surface area contributed by atoms with Gasteiger partial charge < -0.3 is 15.8 Å². The van der Waals surface area contributed by atoms with E-state index in [2.05, 4.69) is 5.32 Å². The highest BCUT2D eigenvalue weighted by Gasteiger charge is 2.53. The number of nitrogens with two attached hydrogens (primary N) is 1. The first-order valence-electron chi connectivity index (χ1n) is 6.04. The Hall–Kier alpha value is -1.76. The summed E-state index contributed by atoms with van der Waals surface area (Å²) in [6, 6.07) is 6.73. The van der Waals surface area contributed by atoms with E-state index in [4.69, 9.17) is 10.5 Å². The van der Waals surface area contributed by atoms with Gasteiger partial charge >= 0.3 is 6.18 Å². The minimum atomic E-state index is -4.80. The van der Waals surface area contributed by atoms with Gasteiger partial charge in [0.25, 0.3) is 0 Å². The van der Waals surface area contributed by atoms with E-state index < -0.39 is 17.6 Å². The van der Waals surface area contributed by atoms with Crippen molar-refractivity contribution in [2.45, 2.75) is 32.1 Å². The summed E-state index contributed by atoms with van der Waals surface area (Å²) < 4.78 is 43.0. The van der Waals surface area contributed by atoms with Crippen LogP contribution < -0.4 is 15.8 Å². The molecule has 0 spiro atoms. The summed E-state index contributed by atoms with van der Waals surface area (Å²) in [6.07, 6.45) is -4.80. The third kappa shape index (κ3) is 3.86. The van der Waals surface area contributed by atoms with Crippen LogP contribution in [-0.2, 0) is 11.3 Å². The standard InChI is InChI=1S/C13H17F3N2O2/c1-3-20-10-6-4-5-9(7-10)8-18-11(19)12(2,17)13(14,15)16/h4-7H,3,8,17H2,1-2H3,(H,18,19). The molecule has 0 bridgehead atoms. The van der Waals surface area contributed by atoms with Crippen molar-refractivity contribution in [1.82, 2.24) is 5.32 Å². The Morgan fingerprint density at radius 1 is 1.40 bits per heavy atom. The van der Waals surface area contributed by atoms with Gasteiger partial charge in [-0.05, 0) is 31.5 Å². The molecule has 0 aliphatic heterocycles. The van der Waals surface area contributed by atoms with E-state index in [1.54, 1.807) is 24.3 Å². The van der Waals surface area contributed by atoms with E-state index in [1.807, 2.05) is 6.92 Å². The van der Waals surface area contributed by atoms with E-state index in [-0.39, 0.29) is 6.54 Å². The quantitative estimate of drug-likeness (QED) is 0.871. The predicted octanol–water partition coefficient (Wildman–Crippen LogP) is 1.98. The predicted molar refractivity (Wildman–Crippen MR) is 68.1 cm³/mol. The zero-order valence-corrected chi connectivity index (χ0v) is 11.3. The minimum Gasteiger partial charge on any atom is -0.494 e. The molecule has 1 aromatic carbocycles. The molecule has 112 valence electrons. The molecule has 1 unspecified atom stereocenters. The maximum absolute atomic E-state index is 12.6. The lowest BCUT2D eigenvalue weighted by atomic mass is 10.0. The summed E-state index contributed by atoms with van der Waals surface area (Å²) in [5, 5.41) is 2.18. The zero-order chi connectivity index (χ0) is 15.4. The number of benzene rings is 1. The van der Waals surface area contributed by atoms with Gasteiger partial charge in [0.05, 0.1) is 6.61 Å². The van der Waals surface area contributed by atoms with E-state index >= 15 is 0 Å². The highest BCUT2D eigenvalue weighted by Crippen LogP contribution is 2.28. The van der Waals surface area contributed by atoms with Crippen molar-refractivity contribution in [3.8, 4) is 5.75 Å². The highest BCUT2D eigenvalue weighted by molar-refractivity contribution is 5.86. The summed E-state index contributed by atoms with van der Waals surface area (Å²) >= 11 is 0. The van der Waals surface area contributed by atoms with Crippen LogP contribution in [0.2, 0.25) is 0 Å². The number of hydrogen-bond donors (Lipinski definition) is 2. The smallest absolute Gasteiger partial charge is 0.415 e. The third-order valence-corrected chi connectivity index (χ3v) is 2.72. The van der Waals surface area contributed by atoms with Crippen molar-refractivity contribution in [2.75, 3.05) is 6.61 Å². The van der Waals surface area contributed by atoms with Crippen LogP contribution in [0, 0.1) is 0 Å². The van der Waals surface area contributed by atoms with Crippen molar-refractivity contribution in [3.63, 3.8) is 0 Å². The molecule has 20 heavy (non-hydrogen) atoms. The third-order valence-electron chi connectivity index (χ3n) is 2.72. The number of carbonyl (C=O) groups is 1. The molecule has 0 radical (unpaired) electrons. The fraction of sp³-hybridized carbons (Fsp3) is 0.462. The number of hydrogen-bond acceptors (Lipinski definition) is 3. The van der Waals surface area contributed by atoms with Crippen molar-refractivity contribution < 1.29 is 22.7 Å². The molecular formula is C13H17F3N2O2. The maximum atomic E-state index is 12.6. The number of amides is 1. The largest absolute Gasteiger partial charge is 0.494 e. The summed E-state index contributed by atoms with van der Waals surface area (Å²) in [5.74, 6) is -0.683. The first-order chi connectivity index (χ1) is 9.18. The normalized spacial score (nSPS) is 14.5. The van der Waals surface area contributed by atoms with E-state index in [9.17, 15) is 18.0 Å². The SMILES string of the molecule is CCOc1cccc(CNC(=O)C(C)(N)C(F)(F)F)c1. The number of carbonyl (C=O) groups excluding carboxylic acids is 1. The van der Waals surface area contributed by atoms with Gasteiger partial charge in [0.1, 0.15) is 5.75 Å². The van der Waals surface area contributed by atoms with Gasteiger partial charge in [-0.3, -0.25) is 4.79 Å². The topological polar surface area (TPSA) is 64.3 Å². The molecule has 0 heterocycles. The van der Waals surface area contributed by atoms with E-state index in [0.717, 1.165) is 0 Å². The maximum Gasteiger partial charge on any atom is 0.415 e.